The number of halogens is 6. The first-order chi connectivity index (χ1) is 19.1. The van der Waals surface area contributed by atoms with Gasteiger partial charge >= 0.3 is 6.18 Å². The highest BCUT2D eigenvalue weighted by atomic mass is 36.0. The first-order valence-corrected chi connectivity index (χ1v) is 22.5. The standard InChI is InChI=1S/C32H57F3P.Cl3P/c1-4-7-10-13-16-19-25-36(26-20-17-14-11-8-5-2,27-21-18-15-12-9-6-3)29-30-23-22-24-31(28-30)32(33,34)35;1-4(2)3/h22-24,28H,4-21,25-27,29H2,1-3H3;/q+1;. The molecule has 0 aliphatic carbocycles. The van der Waals surface area contributed by atoms with Gasteiger partial charge in [-0.25, -0.2) is 0 Å². The topological polar surface area (TPSA) is 0 Å². The molecule has 0 aromatic heterocycles. The van der Waals surface area contributed by atoms with Crippen molar-refractivity contribution in [2.45, 2.75) is 149 Å². The van der Waals surface area contributed by atoms with Crippen molar-refractivity contribution in [2.75, 3.05) is 18.5 Å². The molecule has 0 N–H and O–H groups in total. The van der Waals surface area contributed by atoms with Crippen LogP contribution in [0.15, 0.2) is 24.3 Å². The van der Waals surface area contributed by atoms with E-state index in [1.807, 2.05) is 6.07 Å². The lowest BCUT2D eigenvalue weighted by molar-refractivity contribution is -0.137. The summed E-state index contributed by atoms with van der Waals surface area (Å²) >= 11 is 14.6. The number of hydrogen-bond acceptors (Lipinski definition) is 0. The first kappa shape index (κ1) is 40.7. The van der Waals surface area contributed by atoms with Gasteiger partial charge in [0.1, 0.15) is 0 Å². The van der Waals surface area contributed by atoms with Crippen LogP contribution >= 0.6 is 47.0 Å². The molecule has 1 rings (SSSR count). The van der Waals surface area contributed by atoms with Crippen molar-refractivity contribution in [1.82, 2.24) is 0 Å². The maximum atomic E-state index is 13.5. The predicted octanol–water partition coefficient (Wildman–Crippen LogP) is 15.2. The Bertz CT molecular complexity index is 659. The Balaban J connectivity index is 0.00000354. The van der Waals surface area contributed by atoms with Crippen LogP contribution in [0.2, 0.25) is 0 Å². The summed E-state index contributed by atoms with van der Waals surface area (Å²) in [6.07, 6.45) is 23.8. The van der Waals surface area contributed by atoms with Crippen LogP contribution in [0.3, 0.4) is 0 Å². The summed E-state index contributed by atoms with van der Waals surface area (Å²) in [6.45, 7) is 6.77. The zero-order valence-corrected chi connectivity index (χ0v) is 29.6. The van der Waals surface area contributed by atoms with E-state index in [9.17, 15) is 13.2 Å². The van der Waals surface area contributed by atoms with Gasteiger partial charge in [-0.3, -0.25) is 0 Å². The van der Waals surface area contributed by atoms with Gasteiger partial charge in [0.05, 0.1) is 30.2 Å². The molecule has 0 atom stereocenters. The van der Waals surface area contributed by atoms with Gasteiger partial charge in [0.25, 0.3) is 0 Å². The monoisotopic (exact) mass is 665 g/mol. The smallest absolute Gasteiger partial charge is 0.166 e. The molecule has 0 spiro atoms. The van der Waals surface area contributed by atoms with E-state index in [0.717, 1.165) is 11.7 Å². The van der Waals surface area contributed by atoms with Crippen molar-refractivity contribution in [1.29, 1.82) is 0 Å². The van der Waals surface area contributed by atoms with Gasteiger partial charge in [-0.2, -0.15) is 13.2 Å². The van der Waals surface area contributed by atoms with Gasteiger partial charge in [0.2, 0.25) is 0 Å². The highest BCUT2D eigenvalue weighted by Crippen LogP contribution is 2.63. The number of rotatable bonds is 23. The third kappa shape index (κ3) is 23.2. The van der Waals surface area contributed by atoms with E-state index < -0.39 is 25.0 Å². The summed E-state index contributed by atoms with van der Waals surface area (Å²) in [5.41, 5.74) is 0.456. The Morgan fingerprint density at radius 2 is 0.950 bits per heavy atom. The van der Waals surface area contributed by atoms with Crippen molar-refractivity contribution in [3.05, 3.63) is 35.4 Å². The summed E-state index contributed by atoms with van der Waals surface area (Å²) in [6, 6.07) is 6.29. The molecule has 0 amide bonds. The molecule has 0 aliphatic rings. The second-order valence-corrected chi connectivity index (χ2v) is 20.7. The third-order valence-electron chi connectivity index (χ3n) is 7.73. The van der Waals surface area contributed by atoms with Crippen LogP contribution in [0.1, 0.15) is 147 Å². The molecule has 0 unspecified atom stereocenters. The number of benzene rings is 1. The fraction of sp³-hybridized carbons (Fsp3) is 0.812. The average molecular weight is 667 g/mol. The van der Waals surface area contributed by atoms with Crippen molar-refractivity contribution < 1.29 is 13.2 Å². The van der Waals surface area contributed by atoms with Crippen LogP contribution in [0.25, 0.3) is 0 Å². The molecule has 0 fully saturated rings. The Morgan fingerprint density at radius 3 is 1.30 bits per heavy atom. The molecular weight excluding hydrogens is 610 g/mol. The van der Waals surface area contributed by atoms with Crippen LogP contribution in [-0.2, 0) is 12.3 Å². The highest BCUT2D eigenvalue weighted by Gasteiger charge is 2.37. The molecule has 1 aromatic rings. The molecule has 0 radical (unpaired) electrons. The summed E-state index contributed by atoms with van der Waals surface area (Å²) in [5, 5.41) is 0. The summed E-state index contributed by atoms with van der Waals surface area (Å²) in [4.78, 5) is 0. The zero-order chi connectivity index (χ0) is 30.1. The van der Waals surface area contributed by atoms with E-state index in [-0.39, 0.29) is 0 Å². The van der Waals surface area contributed by atoms with E-state index in [1.54, 1.807) is 6.07 Å². The summed E-state index contributed by atoms with van der Waals surface area (Å²) < 4.78 is 40.4. The molecule has 8 heteroatoms. The van der Waals surface area contributed by atoms with Crippen LogP contribution in [-0.4, -0.2) is 18.5 Å². The van der Waals surface area contributed by atoms with Gasteiger partial charge in [0.15, 0.2) is 5.98 Å². The average Bonchev–Trinajstić information content (AvgIpc) is 2.89. The minimum absolute atomic E-state index is 0.475. The van der Waals surface area contributed by atoms with Crippen molar-refractivity contribution >= 4 is 47.0 Å². The van der Waals surface area contributed by atoms with E-state index in [2.05, 4.69) is 20.8 Å². The molecule has 0 saturated heterocycles. The Hall–Kier alpha value is 0.740. The van der Waals surface area contributed by atoms with Crippen molar-refractivity contribution in [3.8, 4) is 0 Å². The minimum atomic E-state index is -4.26. The Labute approximate surface area is 261 Å². The Morgan fingerprint density at radius 1 is 0.600 bits per heavy atom. The van der Waals surface area contributed by atoms with Gasteiger partial charge in [0, 0.05) is 7.26 Å². The maximum absolute atomic E-state index is 13.5. The molecule has 0 saturated carbocycles. The molecule has 0 heterocycles. The molecule has 1 aromatic carbocycles. The minimum Gasteiger partial charge on any atom is -0.166 e. The molecule has 0 nitrogen and oxygen atoms in total. The second-order valence-electron chi connectivity index (χ2n) is 11.4. The lowest BCUT2D eigenvalue weighted by atomic mass is 10.1. The Kier molecular flexibility index (Phi) is 26.7. The molecule has 0 bridgehead atoms. The quantitative estimate of drug-likeness (QED) is 0.0805. The van der Waals surface area contributed by atoms with Crippen LogP contribution in [0, 0.1) is 0 Å². The van der Waals surface area contributed by atoms with E-state index in [4.69, 9.17) is 33.7 Å². The van der Waals surface area contributed by atoms with Gasteiger partial charge in [-0.1, -0.05) is 144 Å². The van der Waals surface area contributed by atoms with Gasteiger partial charge in [-0.05, 0) is 56.2 Å². The molecule has 236 valence electrons. The zero-order valence-electron chi connectivity index (χ0n) is 25.5. The maximum Gasteiger partial charge on any atom is 0.416 e. The van der Waals surface area contributed by atoms with E-state index in [0.29, 0.717) is 0 Å². The second kappa shape index (κ2) is 26.2. The van der Waals surface area contributed by atoms with E-state index in [1.165, 1.54) is 146 Å². The van der Waals surface area contributed by atoms with E-state index >= 15 is 0 Å². The molecule has 40 heavy (non-hydrogen) atoms. The predicted molar refractivity (Wildman–Crippen MR) is 181 cm³/mol. The fourth-order valence-electron chi connectivity index (χ4n) is 5.49. The van der Waals surface area contributed by atoms with Crippen LogP contribution in [0.4, 0.5) is 13.2 Å². The number of unbranched alkanes of at least 4 members (excludes halogenated alkanes) is 15. The largest absolute Gasteiger partial charge is 0.416 e. The van der Waals surface area contributed by atoms with Crippen LogP contribution < -0.4 is 0 Å². The van der Waals surface area contributed by atoms with Crippen LogP contribution in [0.5, 0.6) is 0 Å². The summed E-state index contributed by atoms with van der Waals surface area (Å²) in [5.74, 6) is -1.20. The molecule has 0 aliphatic heterocycles. The first-order valence-electron chi connectivity index (χ1n) is 15.9. The molecular formula is C32H57Cl3F3P2+. The normalized spacial score (nSPS) is 12.1. The SMILES string of the molecule is CCCCCCCC[P+](CCCCCCCC)(CCCCCCCC)Cc1cccc(C(F)(F)F)c1.ClP(Cl)Cl. The third-order valence-corrected chi connectivity index (χ3v) is 12.6. The highest BCUT2D eigenvalue weighted by molar-refractivity contribution is 8.20. The lowest BCUT2D eigenvalue weighted by Gasteiger charge is -2.29. The number of alkyl halides is 3. The van der Waals surface area contributed by atoms with Crippen molar-refractivity contribution in [3.63, 3.8) is 0 Å². The van der Waals surface area contributed by atoms with Crippen molar-refractivity contribution in [2.24, 2.45) is 0 Å². The van der Waals surface area contributed by atoms with Gasteiger partial charge in [-0.15, -0.1) is 0 Å². The summed E-state index contributed by atoms with van der Waals surface area (Å²) in [7, 11) is -1.32. The van der Waals surface area contributed by atoms with Gasteiger partial charge < -0.3 is 0 Å². The number of hydrogen-bond donors (Lipinski definition) is 0. The lowest BCUT2D eigenvalue weighted by Crippen LogP contribution is -2.13. The fourth-order valence-corrected chi connectivity index (χ4v) is 10.3.